The fraction of sp³-hybridized carbons (Fsp3) is 0.571. The fourth-order valence-corrected chi connectivity index (χ4v) is 2.98. The lowest BCUT2D eigenvalue weighted by atomic mass is 9.96. The van der Waals surface area contributed by atoms with Gasteiger partial charge >= 0.3 is 17.9 Å². The van der Waals surface area contributed by atoms with E-state index in [1.807, 2.05) is 30.1 Å². The van der Waals surface area contributed by atoms with Gasteiger partial charge in [-0.05, 0) is 31.5 Å². The minimum absolute atomic E-state index is 0. The molecule has 1 aliphatic heterocycles. The topological polar surface area (TPSA) is 177 Å². The zero-order valence-electron chi connectivity index (χ0n) is 17.4. The molecule has 1 atom stereocenters. The molecule has 2 heterocycles. The maximum Gasteiger partial charge on any atom is 0.336 e. The van der Waals surface area contributed by atoms with E-state index in [1.165, 1.54) is 6.42 Å². The van der Waals surface area contributed by atoms with Gasteiger partial charge in [0.15, 0.2) is 5.60 Å². The van der Waals surface area contributed by atoms with Crippen molar-refractivity contribution in [3.63, 3.8) is 0 Å². The summed E-state index contributed by atoms with van der Waals surface area (Å²) in [4.78, 5) is 48.7. The van der Waals surface area contributed by atoms with E-state index < -0.39 is 36.4 Å². The SMILES string of the molecule is C.CN(CCc1ccccn1)C(=O)[C@@H]1CCCCN1.O=C(O)CC(O)(CC(=O)O)C(=O)O. The Morgan fingerprint density at radius 2 is 1.75 bits per heavy atom. The lowest BCUT2D eigenvalue weighted by Gasteiger charge is -2.27. The molecule has 11 nitrogen and oxygen atoms in total. The summed E-state index contributed by atoms with van der Waals surface area (Å²) in [6.45, 7) is 1.69. The molecule has 0 saturated carbocycles. The molecule has 1 aromatic heterocycles. The highest BCUT2D eigenvalue weighted by atomic mass is 16.4. The van der Waals surface area contributed by atoms with Crippen LogP contribution >= 0.6 is 0 Å². The van der Waals surface area contributed by atoms with Crippen LogP contribution in [0.3, 0.4) is 0 Å². The van der Waals surface area contributed by atoms with Gasteiger partial charge in [-0.3, -0.25) is 19.4 Å². The largest absolute Gasteiger partial charge is 0.481 e. The van der Waals surface area contributed by atoms with Gasteiger partial charge in [-0.2, -0.15) is 0 Å². The summed E-state index contributed by atoms with van der Waals surface area (Å²) in [6.07, 6.45) is 3.62. The molecular formula is C21H33N3O8. The molecule has 0 radical (unpaired) electrons. The number of hydrogen-bond donors (Lipinski definition) is 5. The van der Waals surface area contributed by atoms with Crippen molar-refractivity contribution in [3.05, 3.63) is 30.1 Å². The van der Waals surface area contributed by atoms with Gasteiger partial charge in [0.25, 0.3) is 0 Å². The molecule has 1 amide bonds. The van der Waals surface area contributed by atoms with Gasteiger partial charge in [0.1, 0.15) is 0 Å². The first kappa shape index (κ1) is 28.9. The number of carbonyl (C=O) groups is 4. The number of likely N-dealkylation sites (N-methyl/N-ethyl adjacent to an activating group) is 1. The van der Waals surface area contributed by atoms with Crippen LogP contribution in [0.2, 0.25) is 0 Å². The summed E-state index contributed by atoms with van der Waals surface area (Å²) in [5.74, 6) is -4.81. The molecule has 180 valence electrons. The number of piperidine rings is 1. The van der Waals surface area contributed by atoms with Crippen molar-refractivity contribution < 1.29 is 39.6 Å². The van der Waals surface area contributed by atoms with E-state index in [0.717, 1.165) is 38.0 Å². The smallest absolute Gasteiger partial charge is 0.336 e. The third kappa shape index (κ3) is 10.3. The van der Waals surface area contributed by atoms with Gasteiger partial charge in [-0.25, -0.2) is 4.79 Å². The maximum absolute atomic E-state index is 12.2. The minimum atomic E-state index is -2.74. The number of aliphatic hydroxyl groups is 1. The normalized spacial score (nSPS) is 15.4. The number of aromatic nitrogens is 1. The number of amides is 1. The van der Waals surface area contributed by atoms with Crippen molar-refractivity contribution in [2.24, 2.45) is 0 Å². The van der Waals surface area contributed by atoms with E-state index >= 15 is 0 Å². The number of carbonyl (C=O) groups excluding carboxylic acids is 1. The van der Waals surface area contributed by atoms with Gasteiger partial charge in [0, 0.05) is 31.9 Å². The van der Waals surface area contributed by atoms with Gasteiger partial charge in [0.2, 0.25) is 5.91 Å². The number of rotatable bonds is 9. The monoisotopic (exact) mass is 455 g/mol. The first-order chi connectivity index (χ1) is 14.5. The van der Waals surface area contributed by atoms with Crippen LogP contribution in [0.1, 0.15) is 45.2 Å². The zero-order chi connectivity index (χ0) is 23.4. The second-order valence-corrected chi connectivity index (χ2v) is 7.31. The standard InChI is InChI=1S/C14H21N3O.C6H8O7.CH4/c1-17(11-8-12-6-2-4-9-15-12)14(18)13-7-3-5-10-16-13;7-3(8)1-6(13,5(11)12)2-4(9)10;/h2,4,6,9,13,16H,3,5,7-8,10-11H2,1H3;13H,1-2H2,(H,7,8)(H,9,10)(H,11,12);1H4/t13-;;/m0../s1. The highest BCUT2D eigenvalue weighted by Gasteiger charge is 2.40. The van der Waals surface area contributed by atoms with Crippen molar-refractivity contribution in [2.75, 3.05) is 20.1 Å². The van der Waals surface area contributed by atoms with E-state index in [0.29, 0.717) is 0 Å². The fourth-order valence-electron chi connectivity index (χ4n) is 2.98. The van der Waals surface area contributed by atoms with E-state index in [-0.39, 0.29) is 19.4 Å². The molecule has 1 saturated heterocycles. The van der Waals surface area contributed by atoms with Crippen LogP contribution in [0, 0.1) is 0 Å². The van der Waals surface area contributed by atoms with Crippen LogP contribution in [0.25, 0.3) is 0 Å². The van der Waals surface area contributed by atoms with Crippen LogP contribution in [0.4, 0.5) is 0 Å². The molecule has 0 aliphatic carbocycles. The Labute approximate surface area is 187 Å². The summed E-state index contributed by atoms with van der Waals surface area (Å²) in [7, 11) is 1.88. The van der Waals surface area contributed by atoms with Crippen LogP contribution in [0.5, 0.6) is 0 Å². The van der Waals surface area contributed by atoms with E-state index in [9.17, 15) is 19.2 Å². The van der Waals surface area contributed by atoms with Gasteiger partial charge in [0.05, 0.1) is 18.9 Å². The van der Waals surface area contributed by atoms with Crippen LogP contribution in [-0.4, -0.2) is 85.9 Å². The summed E-state index contributed by atoms with van der Waals surface area (Å²) in [5, 5.41) is 37.1. The second kappa shape index (κ2) is 14.1. The third-order valence-corrected chi connectivity index (χ3v) is 4.70. The summed E-state index contributed by atoms with van der Waals surface area (Å²) >= 11 is 0. The second-order valence-electron chi connectivity index (χ2n) is 7.31. The van der Waals surface area contributed by atoms with Crippen LogP contribution in [0.15, 0.2) is 24.4 Å². The first-order valence-corrected chi connectivity index (χ1v) is 9.83. The Morgan fingerprint density at radius 1 is 1.12 bits per heavy atom. The predicted molar refractivity (Wildman–Crippen MR) is 115 cm³/mol. The van der Waals surface area contributed by atoms with Crippen molar-refractivity contribution in [2.45, 2.75) is 57.6 Å². The summed E-state index contributed by atoms with van der Waals surface area (Å²) in [6, 6.07) is 5.90. The highest BCUT2D eigenvalue weighted by molar-refractivity contribution is 5.88. The third-order valence-electron chi connectivity index (χ3n) is 4.70. The average molecular weight is 456 g/mol. The molecule has 1 fully saturated rings. The molecule has 11 heteroatoms. The van der Waals surface area contributed by atoms with Crippen molar-refractivity contribution in [1.29, 1.82) is 0 Å². The average Bonchev–Trinajstić information content (AvgIpc) is 2.72. The van der Waals surface area contributed by atoms with Crippen LogP contribution in [-0.2, 0) is 25.6 Å². The molecule has 32 heavy (non-hydrogen) atoms. The van der Waals surface area contributed by atoms with Gasteiger partial charge < -0.3 is 30.6 Å². The molecule has 0 bridgehead atoms. The first-order valence-electron chi connectivity index (χ1n) is 9.83. The van der Waals surface area contributed by atoms with Crippen molar-refractivity contribution in [3.8, 4) is 0 Å². The molecule has 5 N–H and O–H groups in total. The maximum atomic E-state index is 12.2. The van der Waals surface area contributed by atoms with E-state index in [2.05, 4.69) is 10.3 Å². The van der Waals surface area contributed by atoms with Crippen molar-refractivity contribution >= 4 is 23.8 Å². The number of nitrogens with zero attached hydrogens (tertiary/aromatic N) is 2. The number of aliphatic carboxylic acids is 3. The summed E-state index contributed by atoms with van der Waals surface area (Å²) < 4.78 is 0. The lowest BCUT2D eigenvalue weighted by Crippen LogP contribution is -2.47. The lowest BCUT2D eigenvalue weighted by molar-refractivity contribution is -0.170. The molecule has 1 aromatic rings. The molecule has 0 spiro atoms. The Morgan fingerprint density at radius 3 is 2.19 bits per heavy atom. The molecule has 2 rings (SSSR count). The highest BCUT2D eigenvalue weighted by Crippen LogP contribution is 2.15. The Balaban J connectivity index is 0.000000617. The molecule has 0 unspecified atom stereocenters. The predicted octanol–water partition coefficient (Wildman–Crippen LogP) is 0.612. The van der Waals surface area contributed by atoms with Gasteiger partial charge in [-0.15, -0.1) is 0 Å². The van der Waals surface area contributed by atoms with E-state index in [4.69, 9.17) is 20.4 Å². The molecule has 1 aliphatic rings. The Bertz CT molecular complexity index is 735. The molecular weight excluding hydrogens is 422 g/mol. The van der Waals surface area contributed by atoms with Crippen LogP contribution < -0.4 is 5.32 Å². The van der Waals surface area contributed by atoms with Gasteiger partial charge in [-0.1, -0.05) is 19.9 Å². The zero-order valence-corrected chi connectivity index (χ0v) is 17.4. The number of hydrogen-bond acceptors (Lipinski definition) is 7. The molecule has 0 aromatic carbocycles. The number of nitrogens with one attached hydrogen (secondary N) is 1. The number of carboxylic acids is 3. The quantitative estimate of drug-likeness (QED) is 0.354. The minimum Gasteiger partial charge on any atom is -0.481 e. The van der Waals surface area contributed by atoms with Crippen molar-refractivity contribution in [1.82, 2.24) is 15.2 Å². The Kier molecular flexibility index (Phi) is 12.8. The van der Waals surface area contributed by atoms with E-state index in [1.54, 1.807) is 6.20 Å². The number of pyridine rings is 1. The summed E-state index contributed by atoms with van der Waals surface area (Å²) in [5.41, 5.74) is -1.70. The Hall–Kier alpha value is -3.05. The number of carboxylic acid groups (broad SMARTS) is 3.